The zero-order valence-electron chi connectivity index (χ0n) is 16.8. The first-order chi connectivity index (χ1) is 14.0. The number of aliphatic hydroxyl groups is 2. The maximum atomic E-state index is 11.9. The Morgan fingerprint density at radius 3 is 2.69 bits per heavy atom. The van der Waals surface area contributed by atoms with E-state index in [-0.39, 0.29) is 18.4 Å². The van der Waals surface area contributed by atoms with Gasteiger partial charge in [-0.2, -0.15) is 0 Å². The van der Waals surface area contributed by atoms with Gasteiger partial charge in [0.1, 0.15) is 0 Å². The number of hydrogen-bond acceptors (Lipinski definition) is 5. The average molecular weight is 402 g/mol. The number of likely N-dealkylation sites (tertiary alicyclic amines) is 1. The van der Waals surface area contributed by atoms with E-state index in [1.807, 2.05) is 23.1 Å². The monoisotopic (exact) mass is 401 g/mol. The molecule has 0 bridgehead atoms. The number of aliphatic hydroxyl groups excluding tert-OH is 1. The number of unbranched alkanes of at least 4 members (excludes halogenated alkanes) is 2. The van der Waals surface area contributed by atoms with Crippen LogP contribution < -0.4 is 5.32 Å². The number of nitrogens with zero attached hydrogens (tertiary/aromatic N) is 2. The number of allylic oxidation sites excluding steroid dienone is 1. The second kappa shape index (κ2) is 10.5. The van der Waals surface area contributed by atoms with E-state index in [0.29, 0.717) is 19.5 Å². The lowest BCUT2D eigenvalue weighted by Gasteiger charge is -2.16. The Hall–Kier alpha value is -2.22. The largest absolute Gasteiger partial charge is 0.356 e. The van der Waals surface area contributed by atoms with Gasteiger partial charge in [0.2, 0.25) is 18.2 Å². The van der Waals surface area contributed by atoms with E-state index in [1.165, 1.54) is 0 Å². The first-order valence-electron chi connectivity index (χ1n) is 10.5. The Balaban J connectivity index is 1.33. The minimum absolute atomic E-state index is 0.0152. The van der Waals surface area contributed by atoms with Gasteiger partial charge in [-0.05, 0) is 48.8 Å². The Labute approximate surface area is 172 Å². The van der Waals surface area contributed by atoms with Crippen LogP contribution in [0.1, 0.15) is 55.2 Å². The molecule has 0 aromatic heterocycles. The molecule has 1 aromatic carbocycles. The summed E-state index contributed by atoms with van der Waals surface area (Å²) in [6, 6.07) is 6.04. The van der Waals surface area contributed by atoms with Crippen LogP contribution in [-0.2, 0) is 22.7 Å². The van der Waals surface area contributed by atoms with E-state index < -0.39 is 6.41 Å². The molecule has 3 rings (SSSR count). The molecule has 29 heavy (non-hydrogen) atoms. The van der Waals surface area contributed by atoms with E-state index in [9.17, 15) is 19.8 Å². The molecule has 2 heterocycles. The van der Waals surface area contributed by atoms with E-state index in [2.05, 4.69) is 17.5 Å². The highest BCUT2D eigenvalue weighted by atomic mass is 16.5. The van der Waals surface area contributed by atoms with Crippen molar-refractivity contribution < 1.29 is 19.8 Å². The third kappa shape index (κ3) is 6.13. The maximum Gasteiger partial charge on any atom is 0.241 e. The second-order valence-corrected chi connectivity index (χ2v) is 7.75. The third-order valence-electron chi connectivity index (χ3n) is 5.59. The lowest BCUT2D eigenvalue weighted by molar-refractivity contribution is -0.158. The summed E-state index contributed by atoms with van der Waals surface area (Å²) in [5.41, 5.74) is 3.36. The number of hydrogen-bond donors (Lipinski definition) is 3. The van der Waals surface area contributed by atoms with E-state index in [0.717, 1.165) is 61.9 Å². The molecule has 3 N–H and O–H groups in total. The fourth-order valence-electron chi connectivity index (χ4n) is 3.89. The van der Waals surface area contributed by atoms with E-state index >= 15 is 0 Å². The van der Waals surface area contributed by atoms with Crippen molar-refractivity contribution in [2.75, 3.05) is 19.6 Å². The quantitative estimate of drug-likeness (QED) is 0.432. The van der Waals surface area contributed by atoms with Gasteiger partial charge in [0, 0.05) is 32.6 Å². The van der Waals surface area contributed by atoms with Gasteiger partial charge in [0.15, 0.2) is 0 Å². The summed E-state index contributed by atoms with van der Waals surface area (Å²) < 4.78 is 0. The van der Waals surface area contributed by atoms with Crippen LogP contribution in [-0.4, -0.2) is 57.9 Å². The van der Waals surface area contributed by atoms with Gasteiger partial charge in [-0.1, -0.05) is 30.4 Å². The van der Waals surface area contributed by atoms with Crippen molar-refractivity contribution in [1.82, 2.24) is 15.1 Å². The molecule has 7 heteroatoms. The molecule has 0 saturated carbocycles. The van der Waals surface area contributed by atoms with Crippen molar-refractivity contribution in [2.24, 2.45) is 0 Å². The number of carbonyl (C=O) groups is 2. The zero-order valence-corrected chi connectivity index (χ0v) is 16.8. The van der Waals surface area contributed by atoms with Crippen LogP contribution in [0.3, 0.4) is 0 Å². The lowest BCUT2D eigenvalue weighted by atomic mass is 10.0. The van der Waals surface area contributed by atoms with Gasteiger partial charge < -0.3 is 20.4 Å². The van der Waals surface area contributed by atoms with Crippen LogP contribution in [0.25, 0.3) is 6.08 Å². The highest BCUT2D eigenvalue weighted by molar-refractivity contribution is 5.84. The molecule has 0 unspecified atom stereocenters. The van der Waals surface area contributed by atoms with Crippen LogP contribution in [0.4, 0.5) is 0 Å². The summed E-state index contributed by atoms with van der Waals surface area (Å²) in [5, 5.41) is 21.5. The second-order valence-electron chi connectivity index (χ2n) is 7.75. The Morgan fingerprint density at radius 2 is 1.93 bits per heavy atom. The predicted molar refractivity (Wildman–Crippen MR) is 110 cm³/mol. The minimum Gasteiger partial charge on any atom is -0.356 e. The maximum absolute atomic E-state index is 11.9. The summed E-state index contributed by atoms with van der Waals surface area (Å²) in [5.74, 6) is -0.0495. The molecule has 0 aliphatic carbocycles. The summed E-state index contributed by atoms with van der Waals surface area (Å²) in [7, 11) is 0. The molecule has 0 spiro atoms. The van der Waals surface area contributed by atoms with Crippen molar-refractivity contribution in [3.63, 3.8) is 0 Å². The normalized spacial score (nSPS) is 16.7. The fourth-order valence-corrected chi connectivity index (χ4v) is 3.89. The molecule has 2 aliphatic rings. The number of carbonyl (C=O) groups excluding carboxylic acids is 2. The van der Waals surface area contributed by atoms with Gasteiger partial charge in [0.25, 0.3) is 0 Å². The number of fused-ring (bicyclic) bond motifs is 1. The molecule has 1 aromatic rings. The first-order valence-corrected chi connectivity index (χ1v) is 10.5. The van der Waals surface area contributed by atoms with Crippen LogP contribution >= 0.6 is 0 Å². The molecule has 2 aliphatic heterocycles. The molecule has 0 radical (unpaired) electrons. The molecular weight excluding hydrogens is 370 g/mol. The summed E-state index contributed by atoms with van der Waals surface area (Å²) in [4.78, 5) is 27.2. The number of amides is 2. The molecule has 2 amide bonds. The summed E-state index contributed by atoms with van der Waals surface area (Å²) in [6.07, 6.45) is 7.84. The third-order valence-corrected chi connectivity index (χ3v) is 5.59. The molecule has 1 fully saturated rings. The Bertz CT molecular complexity index is 742. The van der Waals surface area contributed by atoms with Gasteiger partial charge in [-0.15, -0.1) is 0 Å². The van der Waals surface area contributed by atoms with Crippen molar-refractivity contribution in [3.8, 4) is 0 Å². The zero-order chi connectivity index (χ0) is 20.6. The minimum atomic E-state index is -1.43. The van der Waals surface area contributed by atoms with E-state index in [1.54, 1.807) is 4.90 Å². The van der Waals surface area contributed by atoms with Crippen molar-refractivity contribution in [3.05, 3.63) is 41.0 Å². The van der Waals surface area contributed by atoms with Gasteiger partial charge in [-0.3, -0.25) is 9.59 Å². The first kappa shape index (κ1) is 21.5. The smallest absolute Gasteiger partial charge is 0.241 e. The highest BCUT2D eigenvalue weighted by Crippen LogP contribution is 2.27. The molecule has 0 atom stereocenters. The Morgan fingerprint density at radius 1 is 1.14 bits per heavy atom. The number of benzene rings is 1. The summed E-state index contributed by atoms with van der Waals surface area (Å²) >= 11 is 0. The van der Waals surface area contributed by atoms with Crippen LogP contribution in [0.2, 0.25) is 0 Å². The van der Waals surface area contributed by atoms with Crippen molar-refractivity contribution in [1.29, 1.82) is 0 Å². The van der Waals surface area contributed by atoms with E-state index in [4.69, 9.17) is 0 Å². The molecular formula is C22H31N3O4. The fraction of sp³-hybridized carbons (Fsp3) is 0.545. The van der Waals surface area contributed by atoms with Gasteiger partial charge >= 0.3 is 0 Å². The van der Waals surface area contributed by atoms with Crippen molar-refractivity contribution >= 4 is 17.9 Å². The highest BCUT2D eigenvalue weighted by Gasteiger charge is 2.24. The molecule has 1 saturated heterocycles. The molecule has 158 valence electrons. The van der Waals surface area contributed by atoms with Gasteiger partial charge in [0.05, 0.1) is 6.54 Å². The molecule has 7 nitrogen and oxygen atoms in total. The van der Waals surface area contributed by atoms with Crippen LogP contribution in [0, 0.1) is 0 Å². The standard InChI is InChI=1S/C22H31N3O4/c26-20(23-14-21(27)24-12-5-6-13-24)11-4-2-1-3-8-17-9-7-10-18-15-25(22(28)29)16-19(17)18/h3,7-10,22,28-29H,1-2,4-6,11-16H2,(H,23,26)/b8-3+. The topological polar surface area (TPSA) is 93.1 Å². The number of rotatable bonds is 9. The SMILES string of the molecule is O=C(CCCC/C=C/c1cccc2c1CN(C(O)O)C2)NCC(=O)N1CCCC1. The summed E-state index contributed by atoms with van der Waals surface area (Å²) in [6.45, 7) is 2.81. The predicted octanol–water partition coefficient (Wildman–Crippen LogP) is 1.58. The van der Waals surface area contributed by atoms with Crippen LogP contribution in [0.5, 0.6) is 0 Å². The van der Waals surface area contributed by atoms with Crippen molar-refractivity contribution in [2.45, 2.75) is 58.0 Å². The Kier molecular flexibility index (Phi) is 7.80. The number of nitrogens with one attached hydrogen (secondary N) is 1. The van der Waals surface area contributed by atoms with Gasteiger partial charge in [-0.25, -0.2) is 4.90 Å². The average Bonchev–Trinajstić information content (AvgIpc) is 3.38. The lowest BCUT2D eigenvalue weighted by Crippen LogP contribution is -2.38. The van der Waals surface area contributed by atoms with Crippen LogP contribution in [0.15, 0.2) is 24.3 Å².